The summed E-state index contributed by atoms with van der Waals surface area (Å²) in [6.07, 6.45) is 6.51. The number of carbonyl (C=O) groups excluding carboxylic acids is 2. The summed E-state index contributed by atoms with van der Waals surface area (Å²) >= 11 is 0. The van der Waals surface area contributed by atoms with Gasteiger partial charge < -0.3 is 9.47 Å². The minimum Gasteiger partial charge on any atom is -0.462 e. The van der Waals surface area contributed by atoms with Crippen LogP contribution in [0.5, 0.6) is 0 Å². The molecule has 4 atom stereocenters. The van der Waals surface area contributed by atoms with E-state index in [1.165, 1.54) is 0 Å². The Kier molecular flexibility index (Phi) is 5.77. The first-order valence-corrected chi connectivity index (χ1v) is 10.8. The Hall–Kier alpha value is -1.29. The molecular formula is C17H24F2O7S. The molecule has 1 N–H and O–H groups in total. The molecule has 7 nitrogen and oxygen atoms in total. The fourth-order valence-electron chi connectivity index (χ4n) is 4.72. The summed E-state index contributed by atoms with van der Waals surface area (Å²) in [6.45, 7) is -1.77. The lowest BCUT2D eigenvalue weighted by molar-refractivity contribution is -0.170. The molecule has 0 aromatic rings. The second kappa shape index (κ2) is 7.62. The number of hydrogen-bond donors (Lipinski definition) is 1. The highest BCUT2D eigenvalue weighted by molar-refractivity contribution is 7.86. The third-order valence-electron chi connectivity index (χ3n) is 6.06. The Morgan fingerprint density at radius 3 is 2.07 bits per heavy atom. The zero-order chi connectivity index (χ0) is 19.8. The van der Waals surface area contributed by atoms with Crippen LogP contribution in [0.15, 0.2) is 0 Å². The van der Waals surface area contributed by atoms with Gasteiger partial charge in [0.1, 0.15) is 6.10 Å². The molecule has 0 radical (unpaired) electrons. The molecule has 3 saturated carbocycles. The standard InChI is InChI=1S/C17H24F2O7S/c18-17(19,27(22,23)24)9-25-15(20)13-10-6-7-11(8-10)14(13)16(21)26-12-4-2-1-3-5-12/h10-14H,1-9H2,(H,22,23,24). The van der Waals surface area contributed by atoms with Gasteiger partial charge in [0.25, 0.3) is 0 Å². The third-order valence-corrected chi connectivity index (χ3v) is 6.93. The molecule has 3 rings (SSSR count). The summed E-state index contributed by atoms with van der Waals surface area (Å²) in [5.41, 5.74) is 0. The van der Waals surface area contributed by atoms with Crippen molar-refractivity contribution in [2.45, 2.75) is 62.7 Å². The fourth-order valence-corrected chi connectivity index (χ4v) is 4.93. The van der Waals surface area contributed by atoms with Crippen LogP contribution in [0.3, 0.4) is 0 Å². The Labute approximate surface area is 156 Å². The van der Waals surface area contributed by atoms with E-state index >= 15 is 0 Å². The number of hydrogen-bond acceptors (Lipinski definition) is 6. The summed E-state index contributed by atoms with van der Waals surface area (Å²) < 4.78 is 66.5. The van der Waals surface area contributed by atoms with Crippen LogP contribution in [-0.2, 0) is 29.2 Å². The number of alkyl halides is 2. The van der Waals surface area contributed by atoms with Crippen molar-refractivity contribution in [2.75, 3.05) is 6.61 Å². The summed E-state index contributed by atoms with van der Waals surface area (Å²) in [5, 5.41) is -4.58. The Bertz CT molecular complexity index is 687. The molecule has 0 aliphatic heterocycles. The highest BCUT2D eigenvalue weighted by Crippen LogP contribution is 2.53. The monoisotopic (exact) mass is 410 g/mol. The molecule has 3 fully saturated rings. The predicted octanol–water partition coefficient (Wildman–Crippen LogP) is 2.55. The van der Waals surface area contributed by atoms with E-state index in [2.05, 4.69) is 4.74 Å². The van der Waals surface area contributed by atoms with Crippen LogP contribution in [-0.4, -0.2) is 42.9 Å². The highest BCUT2D eigenvalue weighted by Gasteiger charge is 2.56. The molecule has 0 aromatic heterocycles. The first-order valence-electron chi connectivity index (χ1n) is 9.32. The van der Waals surface area contributed by atoms with Crippen molar-refractivity contribution < 1.29 is 40.8 Å². The van der Waals surface area contributed by atoms with E-state index in [0.717, 1.165) is 38.5 Å². The minimum atomic E-state index is -5.68. The molecular weight excluding hydrogens is 386 g/mol. The summed E-state index contributed by atoms with van der Waals surface area (Å²) in [4.78, 5) is 25.0. The molecule has 154 valence electrons. The molecule has 0 amide bonds. The van der Waals surface area contributed by atoms with Gasteiger partial charge in [-0.25, -0.2) is 0 Å². The first-order chi connectivity index (χ1) is 12.6. The van der Waals surface area contributed by atoms with Gasteiger partial charge in [0, 0.05) is 0 Å². The molecule has 0 saturated heterocycles. The molecule has 0 aromatic carbocycles. The molecule has 0 heterocycles. The maximum absolute atomic E-state index is 13.3. The molecule has 10 heteroatoms. The van der Waals surface area contributed by atoms with Gasteiger partial charge in [0.15, 0.2) is 6.61 Å². The zero-order valence-corrected chi connectivity index (χ0v) is 15.6. The topological polar surface area (TPSA) is 107 Å². The Balaban J connectivity index is 1.65. The third kappa shape index (κ3) is 4.26. The van der Waals surface area contributed by atoms with Gasteiger partial charge in [-0.2, -0.15) is 17.2 Å². The lowest BCUT2D eigenvalue weighted by atomic mass is 9.79. The second-order valence-corrected chi connectivity index (χ2v) is 9.35. The first kappa shape index (κ1) is 20.4. The van der Waals surface area contributed by atoms with Crippen molar-refractivity contribution in [3.8, 4) is 0 Å². The fraction of sp³-hybridized carbons (Fsp3) is 0.882. The number of fused-ring (bicyclic) bond motifs is 2. The van der Waals surface area contributed by atoms with Crippen molar-refractivity contribution in [3.05, 3.63) is 0 Å². The van der Waals surface area contributed by atoms with Crippen LogP contribution < -0.4 is 0 Å². The molecule has 4 unspecified atom stereocenters. The van der Waals surface area contributed by atoms with E-state index in [1.807, 2.05) is 0 Å². The van der Waals surface area contributed by atoms with Crippen LogP contribution >= 0.6 is 0 Å². The predicted molar refractivity (Wildman–Crippen MR) is 88.2 cm³/mol. The van der Waals surface area contributed by atoms with Crippen molar-refractivity contribution in [3.63, 3.8) is 0 Å². The van der Waals surface area contributed by atoms with E-state index < -0.39 is 45.8 Å². The van der Waals surface area contributed by atoms with E-state index in [0.29, 0.717) is 12.8 Å². The van der Waals surface area contributed by atoms with E-state index in [-0.39, 0.29) is 17.9 Å². The van der Waals surface area contributed by atoms with Crippen LogP contribution in [0.1, 0.15) is 51.4 Å². The van der Waals surface area contributed by atoms with Crippen molar-refractivity contribution >= 4 is 22.1 Å². The van der Waals surface area contributed by atoms with Crippen LogP contribution in [0.25, 0.3) is 0 Å². The van der Waals surface area contributed by atoms with E-state index in [4.69, 9.17) is 9.29 Å². The normalized spacial score (nSPS) is 31.7. The van der Waals surface area contributed by atoms with Gasteiger partial charge in [-0.3, -0.25) is 14.1 Å². The van der Waals surface area contributed by atoms with E-state index in [1.54, 1.807) is 0 Å². The van der Waals surface area contributed by atoms with Crippen molar-refractivity contribution in [2.24, 2.45) is 23.7 Å². The number of rotatable bonds is 6. The van der Waals surface area contributed by atoms with Crippen LogP contribution in [0.2, 0.25) is 0 Å². The average molecular weight is 410 g/mol. The largest absolute Gasteiger partial charge is 0.462 e. The maximum atomic E-state index is 13.3. The number of esters is 2. The van der Waals surface area contributed by atoms with Crippen molar-refractivity contribution in [1.29, 1.82) is 0 Å². The van der Waals surface area contributed by atoms with Gasteiger partial charge in [-0.1, -0.05) is 6.42 Å². The van der Waals surface area contributed by atoms with Gasteiger partial charge in [-0.15, -0.1) is 0 Å². The number of carbonyl (C=O) groups is 2. The lowest BCUT2D eigenvalue weighted by Gasteiger charge is -2.30. The Morgan fingerprint density at radius 2 is 1.52 bits per heavy atom. The molecule has 2 bridgehead atoms. The molecule has 27 heavy (non-hydrogen) atoms. The zero-order valence-electron chi connectivity index (χ0n) is 14.8. The number of ether oxygens (including phenoxy) is 2. The number of halogens is 2. The SMILES string of the molecule is O=C(OCC(F)(F)S(=O)(=O)O)C1C2CCC(C2)C1C(=O)OC1CCCCC1. The highest BCUT2D eigenvalue weighted by atomic mass is 32.2. The maximum Gasteiger partial charge on any atom is 0.402 e. The molecule has 3 aliphatic carbocycles. The van der Waals surface area contributed by atoms with E-state index in [9.17, 15) is 26.8 Å². The van der Waals surface area contributed by atoms with Gasteiger partial charge in [0.2, 0.25) is 0 Å². The minimum absolute atomic E-state index is 0.0503. The van der Waals surface area contributed by atoms with Gasteiger partial charge in [-0.05, 0) is 56.8 Å². The van der Waals surface area contributed by atoms with Crippen LogP contribution in [0, 0.1) is 23.7 Å². The average Bonchev–Trinajstić information content (AvgIpc) is 3.21. The quantitative estimate of drug-likeness (QED) is 0.530. The van der Waals surface area contributed by atoms with Gasteiger partial charge >= 0.3 is 27.3 Å². The lowest BCUT2D eigenvalue weighted by Crippen LogP contribution is -2.41. The summed E-state index contributed by atoms with van der Waals surface area (Å²) in [5.74, 6) is -3.38. The smallest absolute Gasteiger partial charge is 0.402 e. The van der Waals surface area contributed by atoms with Crippen LogP contribution in [0.4, 0.5) is 8.78 Å². The molecule has 3 aliphatic rings. The summed E-state index contributed by atoms with van der Waals surface area (Å²) in [7, 11) is -5.68. The Morgan fingerprint density at radius 1 is 0.963 bits per heavy atom. The molecule has 0 spiro atoms. The van der Waals surface area contributed by atoms with Crippen molar-refractivity contribution in [1.82, 2.24) is 0 Å². The second-order valence-electron chi connectivity index (χ2n) is 7.80. The van der Waals surface area contributed by atoms with Gasteiger partial charge in [0.05, 0.1) is 11.8 Å². The summed E-state index contributed by atoms with van der Waals surface area (Å²) in [6, 6.07) is 0.